The predicted molar refractivity (Wildman–Crippen MR) is 175 cm³/mol. The number of fused-ring (bicyclic) bond motifs is 4. The summed E-state index contributed by atoms with van der Waals surface area (Å²) in [5.74, 6) is 0.551. The van der Waals surface area contributed by atoms with Crippen molar-refractivity contribution in [3.63, 3.8) is 0 Å². The third kappa shape index (κ3) is 9.23. The fourth-order valence-corrected chi connectivity index (χ4v) is 5.98. The van der Waals surface area contributed by atoms with Gasteiger partial charge in [0.15, 0.2) is 0 Å². The van der Waals surface area contributed by atoms with Gasteiger partial charge in [0, 0.05) is 0 Å². The number of rotatable bonds is 1. The van der Waals surface area contributed by atoms with Gasteiger partial charge in [-0.15, -0.1) is 12.5 Å². The summed E-state index contributed by atoms with van der Waals surface area (Å²) in [6.45, 7) is 20.0. The molecule has 0 saturated heterocycles. The van der Waals surface area contributed by atoms with E-state index in [9.17, 15) is 0 Å². The summed E-state index contributed by atoms with van der Waals surface area (Å²) in [5, 5.41) is 2.69. The zero-order valence-electron chi connectivity index (χ0n) is 27.1. The Balaban J connectivity index is 0.000000248. The monoisotopic (exact) mass is 684 g/mol. The first-order chi connectivity index (χ1) is 19.3. The quantitative estimate of drug-likeness (QED) is 0.228. The van der Waals surface area contributed by atoms with Gasteiger partial charge >= 0.3 is 86.7 Å². The summed E-state index contributed by atoms with van der Waals surface area (Å²) in [6.07, 6.45) is 6.55. The molecule has 0 nitrogen and oxygen atoms in total. The average Bonchev–Trinajstić information content (AvgIpc) is 3.44. The topological polar surface area (TPSA) is 0 Å². The van der Waals surface area contributed by atoms with Crippen molar-refractivity contribution >= 4 is 14.5 Å². The van der Waals surface area contributed by atoms with Crippen LogP contribution in [-0.4, -0.2) is 3.71 Å². The molecule has 0 saturated carbocycles. The van der Waals surface area contributed by atoms with Crippen molar-refractivity contribution in [2.75, 3.05) is 0 Å². The SMILES string of the molecule is CC(C)(C)c1c[c-]c2c(c1)-c1cc(C(C)(C)C)ccc1C2.CC1=[C-]C(C)C=C1C.[Cl-].[Cl-].[Zr+2]=[CH]c1cccc2ccccc12. The molecule has 0 radical (unpaired) electrons. The molecule has 43 heavy (non-hydrogen) atoms. The second-order valence-corrected chi connectivity index (χ2v) is 14.2. The van der Waals surface area contributed by atoms with Crippen LogP contribution in [0.3, 0.4) is 0 Å². The summed E-state index contributed by atoms with van der Waals surface area (Å²) >= 11 is 1.46. The second kappa shape index (κ2) is 15.3. The van der Waals surface area contributed by atoms with Gasteiger partial charge in [-0.3, -0.25) is 6.08 Å². The summed E-state index contributed by atoms with van der Waals surface area (Å²) in [5.41, 5.74) is 12.8. The fraction of sp³-hybridized carbons (Fsp3) is 0.325. The number of benzene rings is 4. The maximum atomic E-state index is 3.53. The van der Waals surface area contributed by atoms with E-state index in [0.717, 1.165) is 6.42 Å². The van der Waals surface area contributed by atoms with Crippen molar-refractivity contribution in [3.8, 4) is 11.1 Å². The number of hydrogen-bond donors (Lipinski definition) is 0. The van der Waals surface area contributed by atoms with Crippen LogP contribution in [0.2, 0.25) is 0 Å². The Kier molecular flexibility index (Phi) is 13.2. The van der Waals surface area contributed by atoms with E-state index in [2.05, 4.69) is 157 Å². The Morgan fingerprint density at radius 2 is 1.42 bits per heavy atom. The molecule has 0 N–H and O–H groups in total. The van der Waals surface area contributed by atoms with Gasteiger partial charge in [0.25, 0.3) is 0 Å². The predicted octanol–water partition coefficient (Wildman–Crippen LogP) is 4.53. The van der Waals surface area contributed by atoms with Crippen LogP contribution in [0.15, 0.2) is 90.0 Å². The van der Waals surface area contributed by atoms with E-state index in [1.165, 1.54) is 85.1 Å². The Hall–Kier alpha value is -2.05. The Labute approximate surface area is 288 Å². The number of hydrogen-bond acceptors (Lipinski definition) is 0. The molecular weight excluding hydrogens is 643 g/mol. The molecule has 0 heterocycles. The molecule has 4 aromatic rings. The van der Waals surface area contributed by atoms with E-state index >= 15 is 0 Å². The van der Waals surface area contributed by atoms with Crippen LogP contribution in [0.1, 0.15) is 90.1 Å². The zero-order valence-corrected chi connectivity index (χ0v) is 31.1. The molecule has 224 valence electrons. The van der Waals surface area contributed by atoms with Gasteiger partial charge in [0.05, 0.1) is 0 Å². The van der Waals surface area contributed by atoms with Crippen molar-refractivity contribution in [2.24, 2.45) is 5.92 Å². The molecule has 0 aliphatic heterocycles. The molecule has 2 aliphatic carbocycles. The van der Waals surface area contributed by atoms with E-state index < -0.39 is 0 Å². The fourth-order valence-electron chi connectivity index (χ4n) is 5.36. The zero-order chi connectivity index (χ0) is 29.9. The van der Waals surface area contributed by atoms with Crippen LogP contribution in [0.25, 0.3) is 21.9 Å². The van der Waals surface area contributed by atoms with E-state index in [-0.39, 0.29) is 35.6 Å². The van der Waals surface area contributed by atoms with E-state index in [1.54, 1.807) is 0 Å². The van der Waals surface area contributed by atoms with Crippen molar-refractivity contribution in [2.45, 2.75) is 79.6 Å². The molecule has 6 rings (SSSR count). The van der Waals surface area contributed by atoms with E-state index in [0.29, 0.717) is 5.92 Å². The minimum absolute atomic E-state index is 0. The van der Waals surface area contributed by atoms with Gasteiger partial charge in [-0.1, -0.05) is 96.0 Å². The number of halogens is 2. The van der Waals surface area contributed by atoms with E-state index in [4.69, 9.17) is 0 Å². The van der Waals surface area contributed by atoms with Gasteiger partial charge in [-0.05, 0) is 17.4 Å². The minimum atomic E-state index is 0. The molecule has 0 spiro atoms. The van der Waals surface area contributed by atoms with Crippen LogP contribution in [0.5, 0.6) is 0 Å². The molecule has 1 atom stereocenters. The van der Waals surface area contributed by atoms with Crippen molar-refractivity contribution in [1.82, 2.24) is 0 Å². The van der Waals surface area contributed by atoms with Crippen LogP contribution in [0, 0.1) is 18.1 Å². The summed E-state index contributed by atoms with van der Waals surface area (Å²) in [7, 11) is 0. The van der Waals surface area contributed by atoms with E-state index in [1.807, 2.05) is 0 Å². The summed E-state index contributed by atoms with van der Waals surface area (Å²) in [6, 6.07) is 30.0. The van der Waals surface area contributed by atoms with Crippen LogP contribution in [0.4, 0.5) is 0 Å². The molecule has 3 heteroatoms. The van der Waals surface area contributed by atoms with Crippen molar-refractivity contribution in [1.29, 1.82) is 0 Å². The first-order valence-electron chi connectivity index (χ1n) is 14.7. The standard InChI is InChI=1S/C21H25.C11H8.C8H11.2ClH.Zr/c1-20(2,3)16-9-7-14-11-15-8-10-17(21(4,5)6)13-19(15)18(14)12-16;1-9-5-4-7-10-6-2-3-8-11(9)10;1-6-4-7(2)8(3)5-6;;;/h7,9-10,12-13H,11H2,1-6H3;1-8H;4,6H,1-3H3;2*1H;/q-1;;-1;;;+2/p-2. The first kappa shape index (κ1) is 37.1. The van der Waals surface area contributed by atoms with Crippen LogP contribution in [-0.2, 0) is 41.5 Å². The third-order valence-corrected chi connectivity index (χ3v) is 8.81. The molecule has 0 bridgehead atoms. The molecule has 0 fully saturated rings. The normalized spacial score (nSPS) is 14.8. The molecule has 2 aliphatic rings. The van der Waals surface area contributed by atoms with Gasteiger partial charge in [0.2, 0.25) is 0 Å². The van der Waals surface area contributed by atoms with Gasteiger partial charge in [0.1, 0.15) is 0 Å². The van der Waals surface area contributed by atoms with Gasteiger partial charge in [-0.2, -0.15) is 35.4 Å². The third-order valence-electron chi connectivity index (χ3n) is 8.04. The molecule has 4 aromatic carbocycles. The Bertz CT molecular complexity index is 1540. The van der Waals surface area contributed by atoms with Crippen molar-refractivity contribution in [3.05, 3.63) is 130 Å². The second-order valence-electron chi connectivity index (χ2n) is 13.4. The van der Waals surface area contributed by atoms with Crippen LogP contribution >= 0.6 is 0 Å². The maximum absolute atomic E-state index is 3.53. The van der Waals surface area contributed by atoms with Gasteiger partial charge < -0.3 is 24.8 Å². The molecule has 0 aromatic heterocycles. The van der Waals surface area contributed by atoms with Crippen LogP contribution < -0.4 is 24.8 Å². The Morgan fingerprint density at radius 1 is 0.791 bits per heavy atom. The van der Waals surface area contributed by atoms with Gasteiger partial charge in [-0.25, -0.2) is 11.1 Å². The molecule has 0 amide bonds. The summed E-state index contributed by atoms with van der Waals surface area (Å²) in [4.78, 5) is 0. The molecule has 1 unspecified atom stereocenters. The first-order valence-corrected chi connectivity index (χ1v) is 16.2. The average molecular weight is 687 g/mol. The van der Waals surface area contributed by atoms with Crippen molar-refractivity contribution < 1.29 is 49.0 Å². The molecular formula is C40H44Cl2Zr-2. The Morgan fingerprint density at radius 3 is 1.98 bits per heavy atom. The number of allylic oxidation sites excluding steroid dienone is 4. The summed E-state index contributed by atoms with van der Waals surface area (Å²) < 4.78 is 2.23.